The summed E-state index contributed by atoms with van der Waals surface area (Å²) in [5.74, 6) is 2.24. The van der Waals surface area contributed by atoms with Gasteiger partial charge in [0.2, 0.25) is 5.91 Å². The number of ether oxygens (including phenoxy) is 3. The van der Waals surface area contributed by atoms with Gasteiger partial charge < -0.3 is 24.5 Å². The van der Waals surface area contributed by atoms with E-state index in [1.807, 2.05) is 24.3 Å². The van der Waals surface area contributed by atoms with Crippen molar-refractivity contribution in [3.05, 3.63) is 72.5 Å². The molecule has 0 radical (unpaired) electrons. The molecule has 0 saturated heterocycles. The van der Waals surface area contributed by atoms with E-state index < -0.39 is 0 Å². The molecule has 0 saturated carbocycles. The maximum absolute atomic E-state index is 13.4. The molecule has 0 atom stereocenters. The Morgan fingerprint density at radius 1 is 1.03 bits per heavy atom. The minimum Gasteiger partial charge on any atom is -0.497 e. The van der Waals surface area contributed by atoms with E-state index in [0.29, 0.717) is 41.3 Å². The van der Waals surface area contributed by atoms with Crippen LogP contribution in [0.25, 0.3) is 22.6 Å². The zero-order valence-corrected chi connectivity index (χ0v) is 19.7. The maximum Gasteiger partial charge on any atom is 0.234 e. The number of halogens is 1. The van der Waals surface area contributed by atoms with E-state index in [0.717, 1.165) is 22.6 Å². The Morgan fingerprint density at radius 3 is 2.49 bits per heavy atom. The third-order valence-electron chi connectivity index (χ3n) is 5.33. The predicted molar refractivity (Wildman–Crippen MR) is 133 cm³/mol. The van der Waals surface area contributed by atoms with Crippen molar-refractivity contribution in [1.29, 1.82) is 0 Å². The molecule has 2 heterocycles. The number of anilines is 1. The number of nitrogens with zero attached hydrogens (tertiary/aromatic N) is 1. The van der Waals surface area contributed by atoms with Gasteiger partial charge in [-0.1, -0.05) is 11.8 Å². The average Bonchev–Trinajstić information content (AvgIpc) is 3.32. The highest BCUT2D eigenvalue weighted by atomic mass is 32.2. The molecule has 0 unspecified atom stereocenters. The number of hydrogen-bond acceptors (Lipinski definition) is 6. The van der Waals surface area contributed by atoms with Crippen LogP contribution in [0.3, 0.4) is 0 Å². The van der Waals surface area contributed by atoms with E-state index in [-0.39, 0.29) is 17.5 Å². The van der Waals surface area contributed by atoms with E-state index in [2.05, 4.69) is 10.3 Å². The molecule has 0 spiro atoms. The van der Waals surface area contributed by atoms with Crippen LogP contribution in [0.4, 0.5) is 10.1 Å². The van der Waals surface area contributed by atoms with Crippen molar-refractivity contribution in [2.45, 2.75) is 5.03 Å². The molecule has 5 rings (SSSR count). The highest BCUT2D eigenvalue weighted by Crippen LogP contribution is 2.35. The van der Waals surface area contributed by atoms with E-state index in [1.165, 1.54) is 23.9 Å². The number of carbonyl (C=O) groups excluding carboxylic acids is 1. The van der Waals surface area contributed by atoms with Crippen LogP contribution in [-0.2, 0) is 4.79 Å². The number of thioether (sulfide) groups is 1. The van der Waals surface area contributed by atoms with Crippen molar-refractivity contribution in [3.63, 3.8) is 0 Å². The molecule has 178 valence electrons. The molecule has 1 aromatic heterocycles. The zero-order valence-electron chi connectivity index (χ0n) is 18.8. The summed E-state index contributed by atoms with van der Waals surface area (Å²) in [6.45, 7) is 0.986. The number of aromatic nitrogens is 2. The van der Waals surface area contributed by atoms with Crippen LogP contribution in [0.15, 0.2) is 71.8 Å². The Hall–Kier alpha value is -3.98. The highest BCUT2D eigenvalue weighted by molar-refractivity contribution is 8.00. The number of methoxy groups -OCH3 is 1. The molecular formula is C26H22FN3O4S. The van der Waals surface area contributed by atoms with Crippen molar-refractivity contribution in [2.75, 3.05) is 31.4 Å². The minimum absolute atomic E-state index is 0.144. The number of aromatic amines is 1. The second-order valence-electron chi connectivity index (χ2n) is 7.70. The first-order valence-electron chi connectivity index (χ1n) is 10.9. The molecule has 1 amide bonds. The number of H-pyrrole nitrogens is 1. The van der Waals surface area contributed by atoms with Crippen molar-refractivity contribution in [1.82, 2.24) is 9.97 Å². The van der Waals surface area contributed by atoms with Crippen LogP contribution in [0, 0.1) is 5.82 Å². The molecule has 0 aliphatic carbocycles. The third kappa shape index (κ3) is 5.25. The highest BCUT2D eigenvalue weighted by Gasteiger charge is 2.17. The van der Waals surface area contributed by atoms with Gasteiger partial charge in [0.25, 0.3) is 0 Å². The molecule has 1 aliphatic rings. The molecule has 3 aromatic carbocycles. The van der Waals surface area contributed by atoms with Gasteiger partial charge in [-0.15, -0.1) is 0 Å². The number of benzene rings is 3. The molecule has 1 aliphatic heterocycles. The smallest absolute Gasteiger partial charge is 0.234 e. The second-order valence-corrected chi connectivity index (χ2v) is 8.66. The van der Waals surface area contributed by atoms with Gasteiger partial charge in [0, 0.05) is 22.9 Å². The average molecular weight is 492 g/mol. The SMILES string of the molecule is COc1ccc(-c2[nH]c(-c3ccc(F)cc3)nc2SCC(=O)Nc2ccc3c(c2)OCCO3)cc1. The lowest BCUT2D eigenvalue weighted by Gasteiger charge is -2.19. The van der Waals surface area contributed by atoms with Crippen LogP contribution in [0.1, 0.15) is 0 Å². The third-order valence-corrected chi connectivity index (χ3v) is 6.31. The van der Waals surface area contributed by atoms with Gasteiger partial charge in [-0.05, 0) is 60.7 Å². The van der Waals surface area contributed by atoms with Gasteiger partial charge in [-0.25, -0.2) is 9.37 Å². The van der Waals surface area contributed by atoms with Gasteiger partial charge in [0.1, 0.15) is 35.6 Å². The summed E-state index contributed by atoms with van der Waals surface area (Å²) in [5, 5.41) is 3.55. The van der Waals surface area contributed by atoms with E-state index >= 15 is 0 Å². The summed E-state index contributed by atoms with van der Waals surface area (Å²) in [7, 11) is 1.61. The Labute approximate surface area is 205 Å². The summed E-state index contributed by atoms with van der Waals surface area (Å²) < 4.78 is 29.8. The number of rotatable bonds is 7. The minimum atomic E-state index is -0.318. The molecule has 35 heavy (non-hydrogen) atoms. The quantitative estimate of drug-likeness (QED) is 0.337. The lowest BCUT2D eigenvalue weighted by Crippen LogP contribution is -2.17. The van der Waals surface area contributed by atoms with Crippen LogP contribution < -0.4 is 19.5 Å². The van der Waals surface area contributed by atoms with Crippen LogP contribution >= 0.6 is 11.8 Å². The van der Waals surface area contributed by atoms with Crippen LogP contribution in [-0.4, -0.2) is 42.0 Å². The van der Waals surface area contributed by atoms with E-state index in [9.17, 15) is 9.18 Å². The molecule has 9 heteroatoms. The van der Waals surface area contributed by atoms with Gasteiger partial charge in [-0.3, -0.25) is 4.79 Å². The predicted octanol–water partition coefficient (Wildman–Crippen LogP) is 5.39. The summed E-state index contributed by atoms with van der Waals surface area (Å²) >= 11 is 1.31. The second kappa shape index (κ2) is 10.1. The van der Waals surface area contributed by atoms with Gasteiger partial charge in [-0.2, -0.15) is 0 Å². The first kappa shape index (κ1) is 22.8. The topological polar surface area (TPSA) is 85.5 Å². The van der Waals surface area contributed by atoms with Crippen molar-refractivity contribution >= 4 is 23.4 Å². The van der Waals surface area contributed by atoms with Crippen molar-refractivity contribution in [2.24, 2.45) is 0 Å². The van der Waals surface area contributed by atoms with Crippen LogP contribution in [0.5, 0.6) is 17.2 Å². The standard InChI is InChI=1S/C26H22FN3O4S/c1-32-20-9-4-16(5-10-20)24-26(30-25(29-24)17-2-6-18(27)7-3-17)35-15-23(31)28-19-8-11-21-22(14-19)34-13-12-33-21/h2-11,14H,12-13,15H2,1H3,(H,28,31)(H,29,30). The summed E-state index contributed by atoms with van der Waals surface area (Å²) in [5.41, 5.74) is 3.03. The Morgan fingerprint density at radius 2 is 1.74 bits per heavy atom. The van der Waals surface area contributed by atoms with Crippen molar-refractivity contribution < 1.29 is 23.4 Å². The Bertz CT molecular complexity index is 1340. The number of fused-ring (bicyclic) bond motifs is 1. The molecule has 4 aromatic rings. The van der Waals surface area contributed by atoms with Crippen molar-refractivity contribution in [3.8, 4) is 39.9 Å². The number of hydrogen-bond donors (Lipinski definition) is 2. The number of carbonyl (C=O) groups is 1. The molecular weight excluding hydrogens is 469 g/mol. The van der Waals surface area contributed by atoms with Gasteiger partial charge >= 0.3 is 0 Å². The monoisotopic (exact) mass is 491 g/mol. The van der Waals surface area contributed by atoms with E-state index in [4.69, 9.17) is 19.2 Å². The molecule has 0 bridgehead atoms. The zero-order chi connectivity index (χ0) is 24.2. The van der Waals surface area contributed by atoms with Gasteiger partial charge in [0.05, 0.1) is 18.6 Å². The number of imidazole rings is 1. The van der Waals surface area contributed by atoms with Gasteiger partial charge in [0.15, 0.2) is 11.5 Å². The molecule has 7 nitrogen and oxygen atoms in total. The Kier molecular flexibility index (Phi) is 6.58. The maximum atomic E-state index is 13.4. The number of amides is 1. The Balaban J connectivity index is 1.35. The fraction of sp³-hybridized carbons (Fsp3) is 0.154. The molecule has 2 N–H and O–H groups in total. The fourth-order valence-corrected chi connectivity index (χ4v) is 4.42. The first-order chi connectivity index (χ1) is 17.1. The normalized spacial score (nSPS) is 12.3. The van der Waals surface area contributed by atoms with E-state index in [1.54, 1.807) is 37.4 Å². The fourth-order valence-electron chi connectivity index (χ4n) is 3.61. The molecule has 0 fully saturated rings. The lowest BCUT2D eigenvalue weighted by molar-refractivity contribution is -0.113. The number of nitrogens with one attached hydrogen (secondary N) is 2. The first-order valence-corrected chi connectivity index (χ1v) is 11.9. The lowest BCUT2D eigenvalue weighted by atomic mass is 10.1. The summed E-state index contributed by atoms with van der Waals surface area (Å²) in [4.78, 5) is 20.7. The largest absolute Gasteiger partial charge is 0.497 e. The summed E-state index contributed by atoms with van der Waals surface area (Å²) in [6, 6.07) is 19.0. The summed E-state index contributed by atoms with van der Waals surface area (Å²) in [6.07, 6.45) is 0. The van der Waals surface area contributed by atoms with Crippen LogP contribution in [0.2, 0.25) is 0 Å².